The van der Waals surface area contributed by atoms with Crippen LogP contribution in [0, 0.1) is 6.92 Å². The molecule has 0 unspecified atom stereocenters. The number of carboxylic acid groups (broad SMARTS) is 1. The van der Waals surface area contributed by atoms with E-state index >= 15 is 0 Å². The molecule has 20 heavy (non-hydrogen) atoms. The average Bonchev–Trinajstić information content (AvgIpc) is 2.25. The van der Waals surface area contributed by atoms with Crippen LogP contribution < -0.4 is 0 Å². The normalized spacial score (nSPS) is 12.7. The van der Waals surface area contributed by atoms with E-state index in [4.69, 9.17) is 5.11 Å². The Morgan fingerprint density at radius 1 is 1.35 bits per heavy atom. The molecule has 0 fully saturated rings. The van der Waals surface area contributed by atoms with Crippen molar-refractivity contribution < 1.29 is 31.5 Å². The van der Waals surface area contributed by atoms with Crippen LogP contribution in [-0.4, -0.2) is 37.4 Å². The largest absolute Gasteiger partial charge is 0.480 e. The van der Waals surface area contributed by atoms with E-state index in [0.717, 1.165) is 26.1 Å². The maximum absolute atomic E-state index is 12.6. The predicted molar refractivity (Wildman–Crippen MR) is 63.6 cm³/mol. The lowest BCUT2D eigenvalue weighted by molar-refractivity contribution is -0.138. The molecule has 0 spiro atoms. The third-order valence-electron chi connectivity index (χ3n) is 2.57. The molecule has 0 aliphatic carbocycles. The highest BCUT2D eigenvalue weighted by molar-refractivity contribution is 7.89. The molecule has 5 nitrogen and oxygen atoms in total. The van der Waals surface area contributed by atoms with E-state index in [2.05, 4.69) is 0 Å². The van der Waals surface area contributed by atoms with Crippen molar-refractivity contribution in [3.63, 3.8) is 0 Å². The standard InChI is InChI=1S/C11H12F3NO4S/c1-7-5-8(3-4-9(7)11(12,13)14)20(18,19)15(2)6-10(16)17/h3-5H,6H2,1-2H3,(H,16,17). The van der Waals surface area contributed by atoms with E-state index in [1.54, 1.807) is 0 Å². The molecule has 0 radical (unpaired) electrons. The number of hydrogen-bond acceptors (Lipinski definition) is 3. The highest BCUT2D eigenvalue weighted by Gasteiger charge is 2.33. The van der Waals surface area contributed by atoms with E-state index in [1.807, 2.05) is 0 Å². The quantitative estimate of drug-likeness (QED) is 0.919. The molecule has 0 amide bonds. The van der Waals surface area contributed by atoms with Gasteiger partial charge in [0, 0.05) is 7.05 Å². The minimum Gasteiger partial charge on any atom is -0.480 e. The number of rotatable bonds is 4. The smallest absolute Gasteiger partial charge is 0.416 e. The molecule has 1 aromatic rings. The lowest BCUT2D eigenvalue weighted by Crippen LogP contribution is -2.32. The van der Waals surface area contributed by atoms with Crippen molar-refractivity contribution in [2.75, 3.05) is 13.6 Å². The maximum atomic E-state index is 12.6. The molecule has 0 aliphatic heterocycles. The summed E-state index contributed by atoms with van der Waals surface area (Å²) >= 11 is 0. The minimum atomic E-state index is -4.57. The van der Waals surface area contributed by atoms with Crippen LogP contribution >= 0.6 is 0 Å². The first kappa shape index (κ1) is 16.4. The van der Waals surface area contributed by atoms with E-state index in [0.29, 0.717) is 10.4 Å². The molecule has 112 valence electrons. The van der Waals surface area contributed by atoms with Crippen molar-refractivity contribution in [1.82, 2.24) is 4.31 Å². The zero-order chi connectivity index (χ0) is 15.7. The van der Waals surface area contributed by atoms with Gasteiger partial charge in [0.25, 0.3) is 0 Å². The van der Waals surface area contributed by atoms with Crippen molar-refractivity contribution in [2.45, 2.75) is 18.0 Å². The van der Waals surface area contributed by atoms with Gasteiger partial charge in [0.05, 0.1) is 10.5 Å². The number of benzene rings is 1. The van der Waals surface area contributed by atoms with Gasteiger partial charge in [0.2, 0.25) is 10.0 Å². The Morgan fingerprint density at radius 2 is 1.90 bits per heavy atom. The van der Waals surface area contributed by atoms with Crippen molar-refractivity contribution in [2.24, 2.45) is 0 Å². The molecular weight excluding hydrogens is 299 g/mol. The van der Waals surface area contributed by atoms with Gasteiger partial charge in [-0.15, -0.1) is 0 Å². The average molecular weight is 311 g/mol. The second kappa shape index (κ2) is 5.41. The van der Waals surface area contributed by atoms with Crippen LogP contribution in [0.4, 0.5) is 13.2 Å². The summed E-state index contributed by atoms with van der Waals surface area (Å²) in [5.41, 5.74) is -1.18. The zero-order valence-electron chi connectivity index (χ0n) is 10.6. The van der Waals surface area contributed by atoms with E-state index in [-0.39, 0.29) is 10.5 Å². The first-order valence-electron chi connectivity index (χ1n) is 5.32. The van der Waals surface area contributed by atoms with Gasteiger partial charge in [-0.1, -0.05) is 0 Å². The zero-order valence-corrected chi connectivity index (χ0v) is 11.4. The fourth-order valence-corrected chi connectivity index (χ4v) is 2.78. The molecule has 1 rings (SSSR count). The van der Waals surface area contributed by atoms with Gasteiger partial charge in [0.1, 0.15) is 6.54 Å². The van der Waals surface area contributed by atoms with Gasteiger partial charge in [0.15, 0.2) is 0 Å². The van der Waals surface area contributed by atoms with Crippen LogP contribution in [0.3, 0.4) is 0 Å². The summed E-state index contributed by atoms with van der Waals surface area (Å²) in [5, 5.41) is 8.54. The lowest BCUT2D eigenvalue weighted by atomic mass is 10.1. The van der Waals surface area contributed by atoms with Crippen LogP contribution in [-0.2, 0) is 21.0 Å². The molecule has 0 saturated carbocycles. The molecule has 0 bridgehead atoms. The summed E-state index contributed by atoms with van der Waals surface area (Å²) in [4.78, 5) is 10.1. The molecule has 0 aromatic heterocycles. The third kappa shape index (κ3) is 3.48. The van der Waals surface area contributed by atoms with Crippen LogP contribution in [0.15, 0.2) is 23.1 Å². The third-order valence-corrected chi connectivity index (χ3v) is 4.37. The molecule has 1 aromatic carbocycles. The first-order chi connectivity index (χ1) is 8.96. The SMILES string of the molecule is Cc1cc(S(=O)(=O)N(C)CC(=O)O)ccc1C(F)(F)F. The van der Waals surface area contributed by atoms with Gasteiger partial charge in [-0.3, -0.25) is 4.79 Å². The van der Waals surface area contributed by atoms with Gasteiger partial charge >= 0.3 is 12.1 Å². The fraction of sp³-hybridized carbons (Fsp3) is 0.364. The summed E-state index contributed by atoms with van der Waals surface area (Å²) in [6, 6.07) is 2.34. The molecule has 9 heteroatoms. The minimum absolute atomic E-state index is 0.248. The van der Waals surface area contributed by atoms with Gasteiger partial charge in [-0.25, -0.2) is 8.42 Å². The molecule has 0 atom stereocenters. The molecule has 1 N–H and O–H groups in total. The van der Waals surface area contributed by atoms with E-state index < -0.39 is 34.3 Å². The molecule has 0 heterocycles. The van der Waals surface area contributed by atoms with Crippen LogP contribution in [0.25, 0.3) is 0 Å². The van der Waals surface area contributed by atoms with Gasteiger partial charge < -0.3 is 5.11 Å². The first-order valence-corrected chi connectivity index (χ1v) is 6.76. The van der Waals surface area contributed by atoms with Gasteiger partial charge in [-0.2, -0.15) is 17.5 Å². The molecule has 0 saturated heterocycles. The van der Waals surface area contributed by atoms with Crippen molar-refractivity contribution >= 4 is 16.0 Å². The second-order valence-electron chi connectivity index (χ2n) is 4.13. The fourth-order valence-electron chi connectivity index (χ4n) is 1.57. The Labute approximate surface area is 113 Å². The topological polar surface area (TPSA) is 74.7 Å². The van der Waals surface area contributed by atoms with E-state index in [1.165, 1.54) is 0 Å². The predicted octanol–water partition coefficient (Wildman–Crippen LogP) is 1.72. The monoisotopic (exact) mass is 311 g/mol. The van der Waals surface area contributed by atoms with Crippen LogP contribution in [0.5, 0.6) is 0 Å². The molecular formula is C11H12F3NO4S. The number of carboxylic acids is 1. The number of aryl methyl sites for hydroxylation is 1. The highest BCUT2D eigenvalue weighted by Crippen LogP contribution is 2.33. The number of aliphatic carboxylic acids is 1. The van der Waals surface area contributed by atoms with Crippen molar-refractivity contribution in [1.29, 1.82) is 0 Å². The number of carbonyl (C=O) groups is 1. The Bertz CT molecular complexity index is 625. The summed E-state index contributed by atoms with van der Waals surface area (Å²) in [7, 11) is -3.10. The Hall–Kier alpha value is -1.61. The summed E-state index contributed by atoms with van der Waals surface area (Å²) in [5.74, 6) is -1.36. The lowest BCUT2D eigenvalue weighted by Gasteiger charge is -2.16. The number of sulfonamides is 1. The summed E-state index contributed by atoms with van der Waals surface area (Å²) in [6.07, 6.45) is -4.57. The number of alkyl halides is 3. The molecule has 0 aliphatic rings. The number of nitrogens with zero attached hydrogens (tertiary/aromatic N) is 1. The Kier molecular flexibility index (Phi) is 4.45. The van der Waals surface area contributed by atoms with E-state index in [9.17, 15) is 26.4 Å². The van der Waals surface area contributed by atoms with Crippen molar-refractivity contribution in [3.05, 3.63) is 29.3 Å². The highest BCUT2D eigenvalue weighted by atomic mass is 32.2. The van der Waals surface area contributed by atoms with Crippen molar-refractivity contribution in [3.8, 4) is 0 Å². The van der Waals surface area contributed by atoms with Gasteiger partial charge in [-0.05, 0) is 30.7 Å². The Morgan fingerprint density at radius 3 is 2.30 bits per heavy atom. The Balaban J connectivity index is 3.22. The van der Waals surface area contributed by atoms with Crippen LogP contribution in [0.2, 0.25) is 0 Å². The van der Waals surface area contributed by atoms with Crippen LogP contribution in [0.1, 0.15) is 11.1 Å². The number of likely N-dealkylation sites (N-methyl/N-ethyl adjacent to an activating group) is 1. The second-order valence-corrected chi connectivity index (χ2v) is 6.17. The number of hydrogen-bond donors (Lipinski definition) is 1. The number of halogens is 3. The summed E-state index contributed by atoms with van der Waals surface area (Å²) in [6.45, 7) is 0.363. The maximum Gasteiger partial charge on any atom is 0.416 e. The summed E-state index contributed by atoms with van der Waals surface area (Å²) < 4.78 is 62.2.